The molecule has 1 aromatic carbocycles. The van der Waals surface area contributed by atoms with Crippen LogP contribution in [0.4, 0.5) is 0 Å². The van der Waals surface area contributed by atoms with Gasteiger partial charge in [0, 0.05) is 18.4 Å². The van der Waals surface area contributed by atoms with E-state index in [1.165, 1.54) is 0 Å². The quantitative estimate of drug-likeness (QED) is 0.848. The van der Waals surface area contributed by atoms with Crippen LogP contribution in [0.2, 0.25) is 0 Å². The van der Waals surface area contributed by atoms with Crippen molar-refractivity contribution in [3.63, 3.8) is 0 Å². The summed E-state index contributed by atoms with van der Waals surface area (Å²) < 4.78 is 5.96. The van der Waals surface area contributed by atoms with Crippen LogP contribution in [-0.2, 0) is 6.42 Å². The van der Waals surface area contributed by atoms with Crippen LogP contribution in [0.5, 0.6) is 11.5 Å². The Morgan fingerprint density at radius 2 is 1.78 bits per heavy atom. The van der Waals surface area contributed by atoms with Crippen molar-refractivity contribution in [1.82, 2.24) is 0 Å². The molecule has 0 saturated carbocycles. The summed E-state index contributed by atoms with van der Waals surface area (Å²) in [6, 6.07) is 0. The average molecular weight is 250 g/mol. The first-order valence-electron chi connectivity index (χ1n) is 6.41. The molecular weight excluding hydrogens is 228 g/mol. The van der Waals surface area contributed by atoms with Gasteiger partial charge in [0.15, 0.2) is 0 Å². The monoisotopic (exact) mass is 250 g/mol. The molecule has 0 bridgehead atoms. The minimum absolute atomic E-state index is 0.00130. The van der Waals surface area contributed by atoms with Gasteiger partial charge in [0.05, 0.1) is 5.60 Å². The van der Waals surface area contributed by atoms with Gasteiger partial charge < -0.3 is 14.9 Å². The van der Waals surface area contributed by atoms with Gasteiger partial charge in [0.25, 0.3) is 0 Å². The van der Waals surface area contributed by atoms with Gasteiger partial charge in [-0.2, -0.15) is 0 Å². The maximum absolute atomic E-state index is 10.1. The van der Waals surface area contributed by atoms with Crippen molar-refractivity contribution < 1.29 is 14.9 Å². The number of aromatic hydroxyl groups is 1. The minimum atomic E-state index is -0.731. The van der Waals surface area contributed by atoms with Gasteiger partial charge in [0.2, 0.25) is 0 Å². The predicted molar refractivity (Wildman–Crippen MR) is 71.4 cm³/mol. The van der Waals surface area contributed by atoms with Crippen LogP contribution in [0.1, 0.15) is 42.5 Å². The van der Waals surface area contributed by atoms with E-state index in [4.69, 9.17) is 4.74 Å². The Morgan fingerprint density at radius 3 is 2.33 bits per heavy atom. The minimum Gasteiger partial charge on any atom is -0.507 e. The number of ether oxygens (including phenoxy) is 1. The maximum Gasteiger partial charge on any atom is 0.126 e. The first-order chi connectivity index (χ1) is 8.20. The molecule has 0 saturated heterocycles. The number of benzene rings is 1. The summed E-state index contributed by atoms with van der Waals surface area (Å²) >= 11 is 0. The summed E-state index contributed by atoms with van der Waals surface area (Å²) in [5, 5.41) is 19.9. The molecule has 1 atom stereocenters. The van der Waals surface area contributed by atoms with Crippen LogP contribution in [-0.4, -0.2) is 21.9 Å². The van der Waals surface area contributed by atoms with Gasteiger partial charge in [-0.15, -0.1) is 0 Å². The third-order valence-corrected chi connectivity index (χ3v) is 3.78. The first-order valence-corrected chi connectivity index (χ1v) is 6.41. The normalized spacial score (nSPS) is 18.7. The lowest BCUT2D eigenvalue weighted by molar-refractivity contribution is 0.0331. The van der Waals surface area contributed by atoms with Crippen molar-refractivity contribution in [3.8, 4) is 11.5 Å². The molecule has 0 aromatic heterocycles. The Balaban J connectivity index is 2.36. The molecule has 1 unspecified atom stereocenters. The topological polar surface area (TPSA) is 49.7 Å². The van der Waals surface area contributed by atoms with Crippen molar-refractivity contribution in [3.05, 3.63) is 22.3 Å². The number of phenolic OH excluding ortho intramolecular Hbond substituents is 1. The number of aliphatic hydroxyl groups is 1. The molecule has 2 rings (SSSR count). The number of fused-ring (bicyclic) bond motifs is 1. The first kappa shape index (κ1) is 13.2. The molecule has 0 fully saturated rings. The highest BCUT2D eigenvalue weighted by atomic mass is 16.5. The Bertz CT molecular complexity index is 447. The van der Waals surface area contributed by atoms with Crippen molar-refractivity contribution in [2.45, 2.75) is 59.2 Å². The smallest absolute Gasteiger partial charge is 0.126 e. The molecule has 3 nitrogen and oxygen atoms in total. The van der Waals surface area contributed by atoms with E-state index in [-0.39, 0.29) is 6.10 Å². The Labute approximate surface area is 108 Å². The summed E-state index contributed by atoms with van der Waals surface area (Å²) in [4.78, 5) is 0. The molecule has 0 spiro atoms. The average Bonchev–Trinajstić information content (AvgIpc) is 2.65. The van der Waals surface area contributed by atoms with Gasteiger partial charge in [-0.3, -0.25) is 0 Å². The Hall–Kier alpha value is -1.22. The molecule has 1 aliphatic rings. The van der Waals surface area contributed by atoms with E-state index in [0.717, 1.165) is 34.4 Å². The van der Waals surface area contributed by atoms with Gasteiger partial charge in [0.1, 0.15) is 17.6 Å². The highest BCUT2D eigenvalue weighted by molar-refractivity contribution is 5.59. The number of hydrogen-bond donors (Lipinski definition) is 2. The zero-order chi connectivity index (χ0) is 13.7. The van der Waals surface area contributed by atoms with E-state index >= 15 is 0 Å². The van der Waals surface area contributed by atoms with Gasteiger partial charge in [-0.1, -0.05) is 0 Å². The third kappa shape index (κ3) is 2.19. The van der Waals surface area contributed by atoms with E-state index in [2.05, 4.69) is 0 Å². The molecule has 0 aliphatic carbocycles. The van der Waals surface area contributed by atoms with Crippen LogP contribution in [0, 0.1) is 20.8 Å². The molecule has 3 heteroatoms. The van der Waals surface area contributed by atoms with E-state index in [1.54, 1.807) is 13.8 Å². The summed E-state index contributed by atoms with van der Waals surface area (Å²) in [7, 11) is 0. The predicted octanol–water partition coefficient (Wildman–Crippen LogP) is 2.78. The van der Waals surface area contributed by atoms with Crippen molar-refractivity contribution in [2.24, 2.45) is 0 Å². The molecule has 1 heterocycles. The van der Waals surface area contributed by atoms with Gasteiger partial charge >= 0.3 is 0 Å². The van der Waals surface area contributed by atoms with Crippen LogP contribution >= 0.6 is 0 Å². The van der Waals surface area contributed by atoms with E-state index in [9.17, 15) is 10.2 Å². The highest BCUT2D eigenvalue weighted by Crippen LogP contribution is 2.42. The van der Waals surface area contributed by atoms with Gasteiger partial charge in [-0.05, 0) is 51.3 Å². The number of hydrogen-bond acceptors (Lipinski definition) is 3. The van der Waals surface area contributed by atoms with E-state index in [1.807, 2.05) is 20.8 Å². The standard InChI is InChI=1S/C15H22O3/c1-8-9(2)14-12(10(3)13(8)16)6-11(18-14)7-15(4,5)17/h11,16-17H,6-7H2,1-5H3. The fourth-order valence-electron chi connectivity index (χ4n) is 2.68. The third-order valence-electron chi connectivity index (χ3n) is 3.78. The fraction of sp³-hybridized carbons (Fsp3) is 0.600. The second kappa shape index (κ2) is 4.16. The molecule has 2 N–H and O–H groups in total. The Morgan fingerprint density at radius 1 is 1.17 bits per heavy atom. The highest BCUT2D eigenvalue weighted by Gasteiger charge is 2.32. The maximum atomic E-state index is 10.1. The molecular formula is C15H22O3. The zero-order valence-electron chi connectivity index (χ0n) is 11.8. The lowest BCUT2D eigenvalue weighted by Crippen LogP contribution is -2.28. The molecule has 1 aromatic rings. The van der Waals surface area contributed by atoms with Crippen molar-refractivity contribution in [2.75, 3.05) is 0 Å². The van der Waals surface area contributed by atoms with E-state index < -0.39 is 5.60 Å². The molecule has 0 radical (unpaired) electrons. The van der Waals surface area contributed by atoms with Crippen LogP contribution in [0.25, 0.3) is 0 Å². The van der Waals surface area contributed by atoms with Crippen LogP contribution in [0.3, 0.4) is 0 Å². The summed E-state index contributed by atoms with van der Waals surface area (Å²) in [6.07, 6.45) is 1.36. The summed E-state index contributed by atoms with van der Waals surface area (Å²) in [5.41, 5.74) is 3.16. The second-order valence-electron chi connectivity index (χ2n) is 5.99. The molecule has 18 heavy (non-hydrogen) atoms. The lowest BCUT2D eigenvalue weighted by atomic mass is 9.93. The SMILES string of the molecule is Cc1c(C)c2c(c(C)c1O)CC(CC(C)(C)O)O2. The zero-order valence-corrected chi connectivity index (χ0v) is 11.8. The second-order valence-corrected chi connectivity index (χ2v) is 5.99. The van der Waals surface area contributed by atoms with Gasteiger partial charge in [-0.25, -0.2) is 0 Å². The van der Waals surface area contributed by atoms with Crippen molar-refractivity contribution in [1.29, 1.82) is 0 Å². The van der Waals surface area contributed by atoms with Crippen LogP contribution < -0.4 is 4.74 Å². The molecule has 100 valence electrons. The van der Waals surface area contributed by atoms with E-state index in [0.29, 0.717) is 12.2 Å². The Kier molecular flexibility index (Phi) is 3.06. The lowest BCUT2D eigenvalue weighted by Gasteiger charge is -2.21. The summed E-state index contributed by atoms with van der Waals surface area (Å²) in [6.45, 7) is 9.39. The number of rotatable bonds is 2. The fourth-order valence-corrected chi connectivity index (χ4v) is 2.68. The number of phenols is 1. The summed E-state index contributed by atoms with van der Waals surface area (Å²) in [5.74, 6) is 1.27. The van der Waals surface area contributed by atoms with Crippen molar-refractivity contribution >= 4 is 0 Å². The molecule has 0 amide bonds. The van der Waals surface area contributed by atoms with Crippen LogP contribution in [0.15, 0.2) is 0 Å². The molecule has 1 aliphatic heterocycles. The largest absolute Gasteiger partial charge is 0.507 e.